The van der Waals surface area contributed by atoms with Gasteiger partial charge in [0.2, 0.25) is 29.5 Å². The van der Waals surface area contributed by atoms with Crippen molar-refractivity contribution in [1.82, 2.24) is 45.3 Å². The Labute approximate surface area is 657 Å². The third kappa shape index (κ3) is 19.3. The van der Waals surface area contributed by atoms with Gasteiger partial charge in [-0.25, -0.2) is 26.5 Å². The van der Waals surface area contributed by atoms with Gasteiger partial charge in [0, 0.05) is 119 Å². The van der Waals surface area contributed by atoms with Gasteiger partial charge >= 0.3 is 5.51 Å². The number of β-amino-alcohol motifs (C(OH)–C–C–N with tert-alkyl or cyclic N) is 1. The van der Waals surface area contributed by atoms with Crippen molar-refractivity contribution in [2.75, 3.05) is 94.5 Å². The molecule has 0 radical (unpaired) electrons. The molecule has 8 aliphatic rings. The molecule has 23 nitrogen and oxygen atoms in total. The number of likely N-dealkylation sites (tertiary alicyclic amines) is 1. The average molecular weight is 1610 g/mol. The molecule has 5 aliphatic carbocycles. The van der Waals surface area contributed by atoms with Gasteiger partial charge in [-0.1, -0.05) is 95.2 Å². The van der Waals surface area contributed by atoms with E-state index in [9.17, 15) is 69.1 Å². The van der Waals surface area contributed by atoms with Gasteiger partial charge in [-0.3, -0.25) is 38.6 Å². The highest BCUT2D eigenvalue weighted by Crippen LogP contribution is 2.77. The van der Waals surface area contributed by atoms with E-state index >= 15 is 0 Å². The van der Waals surface area contributed by atoms with E-state index in [4.69, 9.17) is 0 Å². The minimum absolute atomic E-state index is 0.0274. The molecule has 4 saturated carbocycles. The Hall–Kier alpha value is -7.92. The van der Waals surface area contributed by atoms with E-state index in [2.05, 4.69) is 67.8 Å². The van der Waals surface area contributed by atoms with Crippen molar-refractivity contribution in [1.29, 1.82) is 5.26 Å². The Balaban J connectivity index is 0.623. The van der Waals surface area contributed by atoms with E-state index in [0.717, 1.165) is 78.0 Å². The van der Waals surface area contributed by atoms with Crippen molar-refractivity contribution in [2.45, 2.75) is 189 Å². The molecule has 0 unspecified atom stereocenters. The zero-order valence-electron chi connectivity index (χ0n) is 64.2. The lowest BCUT2D eigenvalue weighted by Gasteiger charge is -2.72. The van der Waals surface area contributed by atoms with Gasteiger partial charge in [0.05, 0.1) is 51.3 Å². The molecule has 6 amide bonds. The number of thiazole rings is 1. The van der Waals surface area contributed by atoms with Gasteiger partial charge in [-0.15, -0.1) is 23.1 Å². The number of aliphatic hydroxyl groups excluding tert-OH is 1. The van der Waals surface area contributed by atoms with Gasteiger partial charge in [0.25, 0.3) is 25.8 Å². The first-order valence-electron chi connectivity index (χ1n) is 38.5. The number of thioether (sulfide) groups is 1. The van der Waals surface area contributed by atoms with Gasteiger partial charge in [0.15, 0.2) is 0 Å². The fourth-order valence-corrected chi connectivity index (χ4v) is 20.8. The third-order valence-corrected chi connectivity index (χ3v) is 28.4. The molecule has 3 aliphatic heterocycles. The van der Waals surface area contributed by atoms with Gasteiger partial charge in [0.1, 0.15) is 22.4 Å². The van der Waals surface area contributed by atoms with E-state index in [1.807, 2.05) is 54.1 Å². The number of aryl methyl sites for hydroxylation is 1. The van der Waals surface area contributed by atoms with Crippen LogP contribution < -0.4 is 30.9 Å². The summed E-state index contributed by atoms with van der Waals surface area (Å²) in [6.07, 6.45) is 8.17. The normalized spacial score (nSPS) is 22.7. The van der Waals surface area contributed by atoms with Crippen LogP contribution in [-0.4, -0.2) is 196 Å². The molecule has 13 rings (SSSR count). The molecular formula is C81H103F3N12O11S4. The maximum Gasteiger partial charge on any atom is 0.501 e. The molecule has 598 valence electrons. The second kappa shape index (κ2) is 33.3. The summed E-state index contributed by atoms with van der Waals surface area (Å²) in [4.78, 5) is 97.0. The SMILES string of the molecule is Cc1ncsc1-c1ccc([C@H](CC(=O)NCCCCC(=O)N2CCN(CC[C@H](CSc3ccccc3)Nc3ccc(S(=O)(=O)NC(=O)c4ccc(N5CCN(CC6=C(C78CC(C)(C7)C8)CC(C)(C)CC6)CC5)cc4)cc3S(=O)(=O)C(F)(F)F)CC2)NC(=O)[C@@H]2C[C@@H](O)CN2C(=O)[C@@H](NC(=O)C2(C#N)CC2)C(C)(C)C)cc1. The number of rotatable bonds is 30. The van der Waals surface area contributed by atoms with E-state index < -0.39 is 111 Å². The standard InChI is InChI=1S/C81H103F3N12O11S4/c1-53-70(109-52-87-53)55-18-16-54(17-19-55)65(89-73(101)66-41-60(97)46-96(66)74(102)71(76(2,3)4)90-75(103)79(51-85)29-30-79)43-68(98)86-31-12-11-15-69(99)95-39-33-92(34-40-95)32-27-58(47-108-61-13-9-8-10-14-61)88-64-25-24-62(42-67(64)110(104,105)81(82,83)84)111(106,107)91-72(100)56-20-22-59(23-21-56)94-37-35-93(36-38-94)45-57-26-28-77(5,6)44-63(57)80-48-78(7,49-80)50-80/h8-10,13-14,16-25,42,52,58,60,65-66,71,88,97H,11-12,15,26-41,43-50H2,1-7H3,(H,86,98)(H,89,101)(H,90,103)(H,91,100)/t58-,60-,65+,66+,71-,78?,80?/m1/s1. The first-order valence-corrected chi connectivity index (χ1v) is 43.3. The number of carbonyl (C=O) groups is 6. The number of alkyl halides is 3. The Morgan fingerprint density at radius 1 is 0.820 bits per heavy atom. The summed E-state index contributed by atoms with van der Waals surface area (Å²) in [5.41, 5.74) is 1.12. The Morgan fingerprint density at radius 2 is 1.50 bits per heavy atom. The van der Waals surface area contributed by atoms with Crippen LogP contribution in [0.3, 0.4) is 0 Å². The predicted molar refractivity (Wildman–Crippen MR) is 420 cm³/mol. The summed E-state index contributed by atoms with van der Waals surface area (Å²) in [6.45, 7) is 20.6. The molecule has 2 bridgehead atoms. The van der Waals surface area contributed by atoms with E-state index in [-0.39, 0.29) is 56.0 Å². The van der Waals surface area contributed by atoms with E-state index in [0.29, 0.717) is 86.3 Å². The van der Waals surface area contributed by atoms with E-state index in [1.54, 1.807) is 66.6 Å². The number of unbranched alkanes of at least 4 members (excludes halogenated alkanes) is 1. The summed E-state index contributed by atoms with van der Waals surface area (Å²) in [6, 6.07) is 23.6. The Morgan fingerprint density at radius 3 is 2.12 bits per heavy atom. The first-order chi connectivity index (χ1) is 52.4. The van der Waals surface area contributed by atoms with Crippen molar-refractivity contribution in [3.63, 3.8) is 0 Å². The lowest BCUT2D eigenvalue weighted by Crippen LogP contribution is -2.61. The number of nitrogens with zero attached hydrogens (tertiary/aromatic N) is 7. The fourth-order valence-electron chi connectivity index (χ4n) is 16.9. The molecule has 6 N–H and O–H groups in total. The molecule has 111 heavy (non-hydrogen) atoms. The molecule has 30 heteroatoms. The molecule has 7 fully saturated rings. The van der Waals surface area contributed by atoms with Crippen LogP contribution in [0.4, 0.5) is 24.5 Å². The van der Waals surface area contributed by atoms with Crippen molar-refractivity contribution in [2.24, 2.45) is 27.1 Å². The predicted octanol–water partition coefficient (Wildman–Crippen LogP) is 10.8. The number of nitrogens with one attached hydrogen (secondary N) is 5. The number of aromatic nitrogens is 1. The summed E-state index contributed by atoms with van der Waals surface area (Å²) in [5.74, 6) is -3.06. The van der Waals surface area contributed by atoms with Crippen LogP contribution in [-0.2, 0) is 43.8 Å². The number of aliphatic hydroxyl groups is 1. The van der Waals surface area contributed by atoms with Crippen LogP contribution in [0, 0.1) is 45.3 Å². The van der Waals surface area contributed by atoms with Crippen LogP contribution in [0.2, 0.25) is 0 Å². The number of hydrogen-bond donors (Lipinski definition) is 6. The summed E-state index contributed by atoms with van der Waals surface area (Å²) < 4.78 is 101. The second-order valence-corrected chi connectivity index (χ2v) is 39.2. The molecule has 4 aromatic carbocycles. The van der Waals surface area contributed by atoms with Crippen molar-refractivity contribution in [3.05, 3.63) is 131 Å². The van der Waals surface area contributed by atoms with Crippen LogP contribution in [0.15, 0.2) is 128 Å². The molecule has 3 saturated heterocycles. The lowest BCUT2D eigenvalue weighted by atomic mass is 9.33. The number of allylic oxidation sites excluding steroid dienone is 1. The summed E-state index contributed by atoms with van der Waals surface area (Å²) >= 11 is 2.86. The number of anilines is 2. The maximum atomic E-state index is 14.6. The minimum Gasteiger partial charge on any atom is -0.391 e. The van der Waals surface area contributed by atoms with Crippen LogP contribution in [0.1, 0.15) is 159 Å². The Bertz CT molecular complexity index is 4570. The number of hydrogen-bond acceptors (Lipinski definition) is 19. The number of halogens is 3. The number of sulfonamides is 1. The third-order valence-electron chi connectivity index (χ3n) is 23.4. The van der Waals surface area contributed by atoms with Gasteiger partial charge in [-0.2, -0.15) is 18.4 Å². The van der Waals surface area contributed by atoms with Gasteiger partial charge in [-0.05, 0) is 165 Å². The van der Waals surface area contributed by atoms with Crippen molar-refractivity contribution < 1.29 is 63.9 Å². The number of nitriles is 1. The fraction of sp³-hybridized carbons (Fsp3) is 0.556. The summed E-state index contributed by atoms with van der Waals surface area (Å²) in [7, 11) is -11.1. The maximum absolute atomic E-state index is 14.6. The van der Waals surface area contributed by atoms with Crippen LogP contribution in [0.5, 0.6) is 0 Å². The van der Waals surface area contributed by atoms with Gasteiger partial charge < -0.3 is 41.1 Å². The number of carbonyl (C=O) groups excluding carboxylic acids is 6. The zero-order valence-corrected chi connectivity index (χ0v) is 67.5. The number of sulfone groups is 1. The van der Waals surface area contributed by atoms with Crippen LogP contribution >= 0.6 is 23.1 Å². The highest BCUT2D eigenvalue weighted by molar-refractivity contribution is 7.99. The smallest absolute Gasteiger partial charge is 0.391 e. The van der Waals surface area contributed by atoms with Crippen LogP contribution in [0.25, 0.3) is 10.4 Å². The largest absolute Gasteiger partial charge is 0.501 e. The monoisotopic (exact) mass is 1600 g/mol. The molecule has 1 aromatic heterocycles. The highest BCUT2D eigenvalue weighted by Gasteiger charge is 2.67. The van der Waals surface area contributed by atoms with E-state index in [1.165, 1.54) is 72.2 Å². The topological polar surface area (TPSA) is 304 Å². The minimum atomic E-state index is -6.19. The molecule has 0 spiro atoms. The quantitative estimate of drug-likeness (QED) is 0.0141. The summed E-state index contributed by atoms with van der Waals surface area (Å²) in [5, 5.41) is 32.4. The van der Waals surface area contributed by atoms with Crippen molar-refractivity contribution >= 4 is 89.8 Å². The molecule has 4 heterocycles. The number of benzene rings is 4. The van der Waals surface area contributed by atoms with Crippen molar-refractivity contribution in [3.8, 4) is 16.5 Å². The second-order valence-electron chi connectivity index (χ2n) is 33.7. The Kier molecular flexibility index (Phi) is 24.7. The molecule has 5 atom stereocenters. The average Bonchev–Trinajstić information content (AvgIpc) is 1.19. The molecular weight excluding hydrogens is 1500 g/mol. The highest BCUT2D eigenvalue weighted by atomic mass is 32.2. The zero-order chi connectivity index (χ0) is 79.6. The lowest BCUT2D eigenvalue weighted by molar-refractivity contribution is -0.167. The number of amides is 6. The molecule has 5 aromatic rings. The first kappa shape index (κ1) is 82.5. The number of piperazine rings is 2.